The average molecular weight is 297 g/mol. The lowest BCUT2D eigenvalue weighted by Gasteiger charge is -2.32. The third kappa shape index (κ3) is 2.13. The van der Waals surface area contributed by atoms with Gasteiger partial charge >= 0.3 is 6.09 Å². The van der Waals surface area contributed by atoms with Crippen molar-refractivity contribution in [3.05, 3.63) is 16.4 Å². The van der Waals surface area contributed by atoms with Crippen molar-refractivity contribution in [1.82, 2.24) is 19.5 Å². The molecule has 0 saturated carbocycles. The summed E-state index contributed by atoms with van der Waals surface area (Å²) in [6.07, 6.45) is -0.934. The fraction of sp³-hybridized carbons (Fsp3) is 0.400. The molecule has 3 heterocycles. The summed E-state index contributed by atoms with van der Waals surface area (Å²) in [7, 11) is 0. The number of hydrogen-bond acceptors (Lipinski definition) is 7. The maximum absolute atomic E-state index is 11.6. The number of fused-ring (bicyclic) bond motifs is 1. The lowest BCUT2D eigenvalue weighted by molar-refractivity contribution is 0.142. The summed E-state index contributed by atoms with van der Waals surface area (Å²) in [5, 5.41) is 22.9. The van der Waals surface area contributed by atoms with Crippen molar-refractivity contribution in [2.75, 3.05) is 31.1 Å². The lowest BCUT2D eigenvalue weighted by Crippen LogP contribution is -2.48. The number of piperazine rings is 1. The van der Waals surface area contributed by atoms with E-state index in [1.807, 2.05) is 4.90 Å². The first-order chi connectivity index (χ1) is 9.54. The summed E-state index contributed by atoms with van der Waals surface area (Å²) < 4.78 is 1.13. The van der Waals surface area contributed by atoms with Crippen LogP contribution >= 0.6 is 11.3 Å². The van der Waals surface area contributed by atoms with Gasteiger partial charge in [-0.2, -0.15) is 9.50 Å². The minimum Gasteiger partial charge on any atom is -0.493 e. The molecule has 1 amide bonds. The topological polar surface area (TPSA) is 111 Å². The molecule has 10 heteroatoms. The second-order valence-corrected chi connectivity index (χ2v) is 5.22. The highest BCUT2D eigenvalue weighted by Gasteiger charge is 2.23. The van der Waals surface area contributed by atoms with Crippen LogP contribution in [0.2, 0.25) is 0 Å². The van der Waals surface area contributed by atoms with Crippen molar-refractivity contribution < 1.29 is 15.0 Å². The minimum absolute atomic E-state index is 0.311. The molecule has 1 fully saturated rings. The fourth-order valence-corrected chi connectivity index (χ4v) is 2.96. The number of carboxylic acid groups (broad SMARTS) is 1. The van der Waals surface area contributed by atoms with Crippen LogP contribution in [0.25, 0.3) is 4.96 Å². The summed E-state index contributed by atoms with van der Waals surface area (Å²) in [4.78, 5) is 29.9. The first kappa shape index (κ1) is 12.7. The van der Waals surface area contributed by atoms with Crippen molar-refractivity contribution in [1.29, 1.82) is 0 Å². The normalized spacial score (nSPS) is 15.8. The summed E-state index contributed by atoms with van der Waals surface area (Å²) in [5.41, 5.74) is -0.445. The van der Waals surface area contributed by atoms with Crippen LogP contribution in [0.3, 0.4) is 0 Å². The van der Waals surface area contributed by atoms with Gasteiger partial charge in [-0.1, -0.05) is 11.3 Å². The Hall–Kier alpha value is -2.36. The fourth-order valence-electron chi connectivity index (χ4n) is 2.01. The van der Waals surface area contributed by atoms with Crippen LogP contribution in [0.1, 0.15) is 0 Å². The molecule has 0 aliphatic carbocycles. The molecule has 0 atom stereocenters. The average Bonchev–Trinajstić information content (AvgIpc) is 2.83. The Morgan fingerprint density at radius 3 is 2.65 bits per heavy atom. The quantitative estimate of drug-likeness (QED) is 0.740. The highest BCUT2D eigenvalue weighted by Crippen LogP contribution is 2.23. The van der Waals surface area contributed by atoms with Gasteiger partial charge in [0.2, 0.25) is 16.0 Å². The molecule has 20 heavy (non-hydrogen) atoms. The van der Waals surface area contributed by atoms with E-state index in [0.717, 1.165) is 10.6 Å². The third-order valence-electron chi connectivity index (χ3n) is 3.04. The van der Waals surface area contributed by atoms with E-state index in [4.69, 9.17) is 5.11 Å². The largest absolute Gasteiger partial charge is 0.493 e. The Labute approximate surface area is 116 Å². The molecule has 3 rings (SSSR count). The Bertz CT molecular complexity index is 718. The number of anilines is 1. The zero-order chi connectivity index (χ0) is 14.3. The van der Waals surface area contributed by atoms with Gasteiger partial charge in [0.1, 0.15) is 0 Å². The molecule has 0 unspecified atom stereocenters. The van der Waals surface area contributed by atoms with Crippen molar-refractivity contribution >= 4 is 27.5 Å². The van der Waals surface area contributed by atoms with Crippen molar-refractivity contribution in [2.24, 2.45) is 0 Å². The third-order valence-corrected chi connectivity index (χ3v) is 4.01. The standard InChI is InChI=1S/C10H11N5O4S/c16-6-5-7(17)15-8(11-6)20-9(12-15)13-1-3-14(4-2-13)10(18)19/h5,16H,1-4H2,(H,18,19). The Kier molecular flexibility index (Phi) is 2.93. The maximum atomic E-state index is 11.6. The van der Waals surface area contributed by atoms with E-state index in [0.29, 0.717) is 36.3 Å². The van der Waals surface area contributed by atoms with Crippen LogP contribution in [-0.2, 0) is 0 Å². The number of hydrogen-bond donors (Lipinski definition) is 2. The number of carbonyl (C=O) groups is 1. The molecule has 0 aromatic carbocycles. The Balaban J connectivity index is 1.87. The van der Waals surface area contributed by atoms with Crippen molar-refractivity contribution in [2.45, 2.75) is 0 Å². The molecule has 1 aliphatic heterocycles. The summed E-state index contributed by atoms with van der Waals surface area (Å²) in [6, 6.07) is 0.999. The number of rotatable bonds is 1. The molecular weight excluding hydrogens is 286 g/mol. The molecule has 0 spiro atoms. The molecule has 1 aliphatic rings. The molecule has 0 bridgehead atoms. The molecule has 2 aromatic heterocycles. The van der Waals surface area contributed by atoms with Gasteiger partial charge in [0.15, 0.2) is 0 Å². The van der Waals surface area contributed by atoms with Crippen LogP contribution in [0.4, 0.5) is 9.93 Å². The van der Waals surface area contributed by atoms with E-state index in [1.54, 1.807) is 0 Å². The summed E-state index contributed by atoms with van der Waals surface area (Å²) >= 11 is 1.18. The van der Waals surface area contributed by atoms with Gasteiger partial charge < -0.3 is 20.0 Å². The Morgan fingerprint density at radius 2 is 2.00 bits per heavy atom. The van der Waals surface area contributed by atoms with Gasteiger partial charge in [0, 0.05) is 26.2 Å². The molecule has 1 saturated heterocycles. The first-order valence-corrected chi connectivity index (χ1v) is 6.69. The SMILES string of the molecule is O=C(O)N1CCN(c2nn3c(=O)cc(O)nc3s2)CC1. The van der Waals surface area contributed by atoms with Gasteiger partial charge in [-0.05, 0) is 0 Å². The van der Waals surface area contributed by atoms with E-state index >= 15 is 0 Å². The monoisotopic (exact) mass is 297 g/mol. The van der Waals surface area contributed by atoms with Gasteiger partial charge in [-0.3, -0.25) is 4.79 Å². The predicted molar refractivity (Wildman–Crippen MR) is 70.6 cm³/mol. The number of nitrogens with zero attached hydrogens (tertiary/aromatic N) is 5. The Morgan fingerprint density at radius 1 is 1.30 bits per heavy atom. The molecule has 0 radical (unpaired) electrons. The second-order valence-electron chi connectivity index (χ2n) is 4.29. The molecule has 9 nitrogen and oxygen atoms in total. The van der Waals surface area contributed by atoms with Crippen molar-refractivity contribution in [3.63, 3.8) is 0 Å². The van der Waals surface area contributed by atoms with Gasteiger partial charge in [0.25, 0.3) is 5.56 Å². The smallest absolute Gasteiger partial charge is 0.407 e. The van der Waals surface area contributed by atoms with E-state index in [9.17, 15) is 14.7 Å². The van der Waals surface area contributed by atoms with E-state index in [1.165, 1.54) is 16.2 Å². The highest BCUT2D eigenvalue weighted by atomic mass is 32.1. The van der Waals surface area contributed by atoms with Crippen LogP contribution in [-0.4, -0.2) is 62.0 Å². The van der Waals surface area contributed by atoms with Gasteiger partial charge in [-0.15, -0.1) is 5.10 Å². The molecular formula is C10H11N5O4S. The van der Waals surface area contributed by atoms with Crippen LogP contribution in [0.5, 0.6) is 5.88 Å². The highest BCUT2D eigenvalue weighted by molar-refractivity contribution is 7.20. The summed E-state index contributed by atoms with van der Waals surface area (Å²) in [6.45, 7) is 1.79. The minimum atomic E-state index is -0.934. The lowest BCUT2D eigenvalue weighted by atomic mass is 10.3. The molecule has 106 valence electrons. The van der Waals surface area contributed by atoms with Crippen LogP contribution < -0.4 is 10.5 Å². The zero-order valence-electron chi connectivity index (χ0n) is 10.3. The van der Waals surface area contributed by atoms with Crippen molar-refractivity contribution in [3.8, 4) is 5.88 Å². The molecule has 2 N–H and O–H groups in total. The zero-order valence-corrected chi connectivity index (χ0v) is 11.1. The molecule has 2 aromatic rings. The van der Waals surface area contributed by atoms with Gasteiger partial charge in [0.05, 0.1) is 6.07 Å². The number of amides is 1. The van der Waals surface area contributed by atoms with E-state index in [-0.39, 0.29) is 5.88 Å². The number of aromatic nitrogens is 3. The van der Waals surface area contributed by atoms with E-state index in [2.05, 4.69) is 10.1 Å². The maximum Gasteiger partial charge on any atom is 0.407 e. The summed E-state index contributed by atoms with van der Waals surface area (Å²) in [5.74, 6) is -0.333. The first-order valence-electron chi connectivity index (χ1n) is 5.87. The van der Waals surface area contributed by atoms with E-state index < -0.39 is 11.7 Å². The van der Waals surface area contributed by atoms with Crippen LogP contribution in [0.15, 0.2) is 10.9 Å². The van der Waals surface area contributed by atoms with Gasteiger partial charge in [-0.25, -0.2) is 4.79 Å². The number of aromatic hydroxyl groups is 1. The van der Waals surface area contributed by atoms with Crippen LogP contribution in [0, 0.1) is 0 Å². The second kappa shape index (κ2) is 4.63. The predicted octanol–water partition coefficient (Wildman–Crippen LogP) is -0.343.